The predicted octanol–water partition coefficient (Wildman–Crippen LogP) is 3.65. The highest BCUT2D eigenvalue weighted by Crippen LogP contribution is 2.27. The maximum absolute atomic E-state index is 12.3. The summed E-state index contributed by atoms with van der Waals surface area (Å²) in [6.45, 7) is 1.84. The summed E-state index contributed by atoms with van der Waals surface area (Å²) in [6.07, 6.45) is -0.781. The molecule has 0 saturated carbocycles. The molecule has 0 bridgehead atoms. The summed E-state index contributed by atoms with van der Waals surface area (Å²) in [4.78, 5) is 24.6. The van der Waals surface area contributed by atoms with Crippen molar-refractivity contribution in [3.8, 4) is 11.5 Å². The van der Waals surface area contributed by atoms with Crippen LogP contribution in [-0.4, -0.2) is 32.2 Å². The summed E-state index contributed by atoms with van der Waals surface area (Å²) in [5.74, 6) is 0.387. The van der Waals surface area contributed by atoms with Crippen molar-refractivity contribution >= 4 is 22.6 Å². The fraction of sp³-hybridized carbons (Fsp3) is 0.250. The maximum Gasteiger partial charge on any atom is 0.311 e. The molecule has 1 atom stereocenters. The Labute approximate surface area is 175 Å². The summed E-state index contributed by atoms with van der Waals surface area (Å²) < 4.78 is 15.8. The third-order valence-electron chi connectivity index (χ3n) is 4.75. The SMILES string of the molecule is COc1ccc(CNC(=O)[C@@H](C)OC(=O)Cc2ccc3ccccc3c2)cc1OC. The van der Waals surface area contributed by atoms with Crippen molar-refractivity contribution in [1.29, 1.82) is 0 Å². The molecular weight excluding hydrogens is 382 g/mol. The molecule has 1 amide bonds. The molecule has 0 aliphatic rings. The first-order chi connectivity index (χ1) is 14.5. The van der Waals surface area contributed by atoms with Crippen LogP contribution < -0.4 is 14.8 Å². The fourth-order valence-electron chi connectivity index (χ4n) is 3.13. The van der Waals surface area contributed by atoms with E-state index in [2.05, 4.69) is 5.32 Å². The van der Waals surface area contributed by atoms with E-state index in [4.69, 9.17) is 14.2 Å². The number of methoxy groups -OCH3 is 2. The number of hydrogen-bond acceptors (Lipinski definition) is 5. The van der Waals surface area contributed by atoms with E-state index < -0.39 is 12.1 Å². The highest BCUT2D eigenvalue weighted by Gasteiger charge is 2.18. The topological polar surface area (TPSA) is 73.9 Å². The lowest BCUT2D eigenvalue weighted by Crippen LogP contribution is -2.35. The van der Waals surface area contributed by atoms with Gasteiger partial charge in [0, 0.05) is 6.54 Å². The normalized spacial score (nSPS) is 11.6. The summed E-state index contributed by atoms with van der Waals surface area (Å²) in [5, 5.41) is 4.94. The highest BCUT2D eigenvalue weighted by atomic mass is 16.5. The quantitative estimate of drug-likeness (QED) is 0.577. The van der Waals surface area contributed by atoms with Crippen molar-refractivity contribution < 1.29 is 23.8 Å². The number of nitrogens with one attached hydrogen (secondary N) is 1. The molecule has 0 aliphatic heterocycles. The molecule has 156 valence electrons. The first-order valence-corrected chi connectivity index (χ1v) is 9.66. The minimum atomic E-state index is -0.891. The first-order valence-electron chi connectivity index (χ1n) is 9.66. The number of carbonyl (C=O) groups is 2. The van der Waals surface area contributed by atoms with Crippen molar-refractivity contribution in [1.82, 2.24) is 5.32 Å². The number of rotatable bonds is 8. The zero-order chi connectivity index (χ0) is 21.5. The number of ether oxygens (including phenoxy) is 3. The van der Waals surface area contributed by atoms with E-state index in [9.17, 15) is 9.59 Å². The molecule has 0 heterocycles. The molecule has 6 heteroatoms. The Balaban J connectivity index is 1.52. The first kappa shape index (κ1) is 21.2. The van der Waals surface area contributed by atoms with Crippen LogP contribution in [0.3, 0.4) is 0 Å². The number of hydrogen-bond donors (Lipinski definition) is 1. The standard InChI is InChI=1S/C24H25NO5/c1-16(24(27)25-15-18-9-11-21(28-2)22(13-18)29-3)30-23(26)14-17-8-10-19-6-4-5-7-20(19)12-17/h4-13,16H,14-15H2,1-3H3,(H,25,27)/t16-/m1/s1. The van der Waals surface area contributed by atoms with E-state index in [1.165, 1.54) is 0 Å². The van der Waals surface area contributed by atoms with Crippen LogP contribution in [-0.2, 0) is 27.3 Å². The van der Waals surface area contributed by atoms with Crippen molar-refractivity contribution in [2.75, 3.05) is 14.2 Å². The number of fused-ring (bicyclic) bond motifs is 1. The van der Waals surface area contributed by atoms with Crippen molar-refractivity contribution in [2.24, 2.45) is 0 Å². The van der Waals surface area contributed by atoms with E-state index in [1.807, 2.05) is 48.5 Å². The zero-order valence-electron chi connectivity index (χ0n) is 17.3. The second-order valence-electron chi connectivity index (χ2n) is 6.90. The lowest BCUT2D eigenvalue weighted by Gasteiger charge is -2.14. The lowest BCUT2D eigenvalue weighted by atomic mass is 10.1. The second kappa shape index (κ2) is 9.78. The minimum Gasteiger partial charge on any atom is -0.493 e. The molecule has 0 aliphatic carbocycles. The van der Waals surface area contributed by atoms with Gasteiger partial charge in [-0.1, -0.05) is 48.5 Å². The van der Waals surface area contributed by atoms with Crippen LogP contribution in [0.5, 0.6) is 11.5 Å². The summed E-state index contributed by atoms with van der Waals surface area (Å²) in [5.41, 5.74) is 1.69. The average molecular weight is 407 g/mol. The highest BCUT2D eigenvalue weighted by molar-refractivity contribution is 5.86. The van der Waals surface area contributed by atoms with E-state index in [0.29, 0.717) is 11.5 Å². The molecule has 0 saturated heterocycles. The molecule has 3 aromatic carbocycles. The van der Waals surface area contributed by atoms with Crippen molar-refractivity contribution in [3.05, 3.63) is 71.8 Å². The van der Waals surface area contributed by atoms with Gasteiger partial charge in [0.15, 0.2) is 17.6 Å². The van der Waals surface area contributed by atoms with Crippen LogP contribution in [0.1, 0.15) is 18.1 Å². The number of amides is 1. The Morgan fingerprint density at radius 3 is 2.30 bits per heavy atom. The third-order valence-corrected chi connectivity index (χ3v) is 4.75. The van der Waals surface area contributed by atoms with Gasteiger partial charge in [-0.2, -0.15) is 0 Å². The molecule has 0 unspecified atom stereocenters. The Morgan fingerprint density at radius 2 is 1.57 bits per heavy atom. The van der Waals surface area contributed by atoms with Gasteiger partial charge in [-0.3, -0.25) is 9.59 Å². The van der Waals surface area contributed by atoms with Crippen LogP contribution >= 0.6 is 0 Å². The average Bonchev–Trinajstić information content (AvgIpc) is 2.76. The fourth-order valence-corrected chi connectivity index (χ4v) is 3.13. The van der Waals surface area contributed by atoms with Crippen molar-refractivity contribution in [2.45, 2.75) is 26.0 Å². The monoisotopic (exact) mass is 407 g/mol. The predicted molar refractivity (Wildman–Crippen MR) is 115 cm³/mol. The second-order valence-corrected chi connectivity index (χ2v) is 6.90. The third kappa shape index (κ3) is 5.29. The molecule has 0 aromatic heterocycles. The van der Waals surface area contributed by atoms with Crippen LogP contribution in [0.25, 0.3) is 10.8 Å². The van der Waals surface area contributed by atoms with Crippen LogP contribution in [0.15, 0.2) is 60.7 Å². The molecule has 0 radical (unpaired) electrons. The van der Waals surface area contributed by atoms with E-state index in [-0.39, 0.29) is 18.9 Å². The lowest BCUT2D eigenvalue weighted by molar-refractivity contribution is -0.154. The van der Waals surface area contributed by atoms with Gasteiger partial charge in [-0.15, -0.1) is 0 Å². The Bertz CT molecular complexity index is 1050. The molecular formula is C24H25NO5. The number of benzene rings is 3. The maximum atomic E-state index is 12.3. The van der Waals surface area contributed by atoms with Gasteiger partial charge in [0.1, 0.15) is 0 Å². The van der Waals surface area contributed by atoms with Gasteiger partial charge in [-0.05, 0) is 41.0 Å². The van der Waals surface area contributed by atoms with Crippen molar-refractivity contribution in [3.63, 3.8) is 0 Å². The summed E-state index contributed by atoms with van der Waals surface area (Å²) in [6, 6.07) is 19.1. The van der Waals surface area contributed by atoms with Crippen LogP contribution in [0, 0.1) is 0 Å². The Morgan fingerprint density at radius 1 is 0.867 bits per heavy atom. The molecule has 0 fully saturated rings. The Kier molecular flexibility index (Phi) is 6.91. The van der Waals surface area contributed by atoms with Gasteiger partial charge in [-0.25, -0.2) is 0 Å². The number of carbonyl (C=O) groups excluding carboxylic acids is 2. The van der Waals surface area contributed by atoms with E-state index >= 15 is 0 Å². The van der Waals surface area contributed by atoms with Gasteiger partial charge >= 0.3 is 5.97 Å². The largest absolute Gasteiger partial charge is 0.493 e. The van der Waals surface area contributed by atoms with E-state index in [0.717, 1.165) is 21.9 Å². The van der Waals surface area contributed by atoms with Gasteiger partial charge < -0.3 is 19.5 Å². The molecule has 0 spiro atoms. The molecule has 3 aromatic rings. The minimum absolute atomic E-state index is 0.109. The van der Waals surface area contributed by atoms with Gasteiger partial charge in [0.05, 0.1) is 20.6 Å². The summed E-state index contributed by atoms with van der Waals surface area (Å²) >= 11 is 0. The molecule has 6 nitrogen and oxygen atoms in total. The van der Waals surface area contributed by atoms with Crippen LogP contribution in [0.4, 0.5) is 0 Å². The molecule has 3 rings (SSSR count). The summed E-state index contributed by atoms with van der Waals surface area (Å²) in [7, 11) is 3.12. The smallest absolute Gasteiger partial charge is 0.311 e. The molecule has 30 heavy (non-hydrogen) atoms. The van der Waals surface area contributed by atoms with Crippen LogP contribution in [0.2, 0.25) is 0 Å². The van der Waals surface area contributed by atoms with Gasteiger partial charge in [0.2, 0.25) is 0 Å². The number of esters is 1. The van der Waals surface area contributed by atoms with Gasteiger partial charge in [0.25, 0.3) is 5.91 Å². The molecule has 1 N–H and O–H groups in total. The zero-order valence-corrected chi connectivity index (χ0v) is 17.3. The Hall–Kier alpha value is -3.54. The van der Waals surface area contributed by atoms with E-state index in [1.54, 1.807) is 33.3 Å².